The molecule has 0 atom stereocenters. The van der Waals surface area contributed by atoms with Gasteiger partial charge in [0.2, 0.25) is 0 Å². The van der Waals surface area contributed by atoms with Gasteiger partial charge in [0.1, 0.15) is 5.75 Å². The zero-order valence-electron chi connectivity index (χ0n) is 13.5. The largest absolute Gasteiger partial charge is 0.484 e. The highest BCUT2D eigenvalue weighted by molar-refractivity contribution is 5.94. The average molecular weight is 328 g/mol. The number of imide groups is 1. The highest BCUT2D eigenvalue weighted by atomic mass is 16.5. The Bertz CT molecular complexity index is 656. The van der Waals surface area contributed by atoms with E-state index in [1.807, 2.05) is 42.5 Å². The Labute approximate surface area is 140 Å². The Morgan fingerprint density at radius 1 is 0.958 bits per heavy atom. The molecule has 0 aliphatic carbocycles. The van der Waals surface area contributed by atoms with E-state index in [-0.39, 0.29) is 6.61 Å². The molecule has 6 nitrogen and oxygen atoms in total. The molecule has 0 aliphatic rings. The first-order chi connectivity index (χ1) is 11.7. The summed E-state index contributed by atoms with van der Waals surface area (Å²) in [7, 11) is 1.53. The van der Waals surface area contributed by atoms with E-state index in [0.717, 1.165) is 11.1 Å². The number of carbonyl (C=O) groups excluding carboxylic acids is 2. The first-order valence-electron chi connectivity index (χ1n) is 7.54. The minimum Gasteiger partial charge on any atom is -0.484 e. The number of amides is 3. The molecule has 0 saturated carbocycles. The van der Waals surface area contributed by atoms with Crippen LogP contribution in [0.1, 0.15) is 0 Å². The van der Waals surface area contributed by atoms with Crippen molar-refractivity contribution in [1.29, 1.82) is 0 Å². The number of methoxy groups -OCH3 is 1. The van der Waals surface area contributed by atoms with E-state index in [1.165, 1.54) is 7.11 Å². The standard InChI is InChI=1S/C18H20N2O4/c1-23-12-11-19-18(22)20-17(21)13-24-16-9-7-15(8-10-16)14-5-3-2-4-6-14/h2-10H,11-13H2,1H3,(H2,19,20,21,22). The third-order valence-corrected chi connectivity index (χ3v) is 3.18. The quantitative estimate of drug-likeness (QED) is 0.764. The van der Waals surface area contributed by atoms with Crippen LogP contribution >= 0.6 is 0 Å². The summed E-state index contributed by atoms with van der Waals surface area (Å²) >= 11 is 0. The lowest BCUT2D eigenvalue weighted by Crippen LogP contribution is -2.42. The minimum atomic E-state index is -0.569. The molecule has 2 aromatic rings. The second-order valence-electron chi connectivity index (χ2n) is 4.98. The maximum Gasteiger partial charge on any atom is 0.321 e. The fraction of sp³-hybridized carbons (Fsp3) is 0.222. The molecule has 0 unspecified atom stereocenters. The van der Waals surface area contributed by atoms with Crippen LogP contribution in [0, 0.1) is 0 Å². The number of nitrogens with one attached hydrogen (secondary N) is 2. The monoisotopic (exact) mass is 328 g/mol. The van der Waals surface area contributed by atoms with E-state index in [9.17, 15) is 9.59 Å². The van der Waals surface area contributed by atoms with Gasteiger partial charge in [0.15, 0.2) is 6.61 Å². The van der Waals surface area contributed by atoms with Crippen molar-refractivity contribution >= 4 is 11.9 Å². The molecule has 126 valence electrons. The Balaban J connectivity index is 1.78. The lowest BCUT2D eigenvalue weighted by Gasteiger charge is -2.08. The molecular formula is C18H20N2O4. The maximum absolute atomic E-state index is 11.6. The van der Waals surface area contributed by atoms with Crippen LogP contribution in [0.5, 0.6) is 5.75 Å². The van der Waals surface area contributed by atoms with Gasteiger partial charge < -0.3 is 14.8 Å². The van der Waals surface area contributed by atoms with Crippen molar-refractivity contribution < 1.29 is 19.1 Å². The summed E-state index contributed by atoms with van der Waals surface area (Å²) in [6.45, 7) is 0.478. The van der Waals surface area contributed by atoms with Crippen molar-refractivity contribution in [1.82, 2.24) is 10.6 Å². The molecule has 0 radical (unpaired) electrons. The van der Waals surface area contributed by atoms with Gasteiger partial charge in [-0.15, -0.1) is 0 Å². The van der Waals surface area contributed by atoms with Gasteiger partial charge in [-0.3, -0.25) is 10.1 Å². The summed E-state index contributed by atoms with van der Waals surface area (Å²) in [4.78, 5) is 23.0. The van der Waals surface area contributed by atoms with Crippen LogP contribution in [0.4, 0.5) is 4.79 Å². The highest BCUT2D eigenvalue weighted by Crippen LogP contribution is 2.21. The number of hydrogen-bond acceptors (Lipinski definition) is 4. The normalized spacial score (nSPS) is 10.0. The Morgan fingerprint density at radius 2 is 1.62 bits per heavy atom. The van der Waals surface area contributed by atoms with Crippen molar-refractivity contribution in [3.05, 3.63) is 54.6 Å². The summed E-state index contributed by atoms with van der Waals surface area (Å²) in [6, 6.07) is 16.8. The molecule has 0 aromatic heterocycles. The van der Waals surface area contributed by atoms with Gasteiger partial charge in [0, 0.05) is 13.7 Å². The van der Waals surface area contributed by atoms with Gasteiger partial charge in [-0.2, -0.15) is 0 Å². The Kier molecular flexibility index (Phi) is 6.79. The summed E-state index contributed by atoms with van der Waals surface area (Å²) in [5.74, 6) is 0.0432. The average Bonchev–Trinajstić information content (AvgIpc) is 2.61. The van der Waals surface area contributed by atoms with E-state index in [1.54, 1.807) is 12.1 Å². The van der Waals surface area contributed by atoms with E-state index in [4.69, 9.17) is 9.47 Å². The van der Waals surface area contributed by atoms with E-state index >= 15 is 0 Å². The molecular weight excluding hydrogens is 308 g/mol. The topological polar surface area (TPSA) is 76.7 Å². The summed E-state index contributed by atoms with van der Waals surface area (Å²) < 4.78 is 10.2. The second-order valence-corrected chi connectivity index (χ2v) is 4.98. The zero-order chi connectivity index (χ0) is 17.2. The molecule has 0 spiro atoms. The van der Waals surface area contributed by atoms with Crippen LogP contribution in [-0.2, 0) is 9.53 Å². The van der Waals surface area contributed by atoms with Crippen molar-refractivity contribution in [3.8, 4) is 16.9 Å². The summed E-state index contributed by atoms with van der Waals surface area (Å²) in [5.41, 5.74) is 2.17. The van der Waals surface area contributed by atoms with Crippen molar-refractivity contribution in [2.24, 2.45) is 0 Å². The number of ether oxygens (including phenoxy) is 2. The molecule has 3 amide bonds. The molecule has 0 aliphatic heterocycles. The predicted octanol–water partition coefficient (Wildman–Crippen LogP) is 2.20. The molecule has 0 heterocycles. The SMILES string of the molecule is COCCNC(=O)NC(=O)COc1ccc(-c2ccccc2)cc1. The van der Waals surface area contributed by atoms with E-state index < -0.39 is 11.9 Å². The Hall–Kier alpha value is -2.86. The number of benzene rings is 2. The first-order valence-corrected chi connectivity index (χ1v) is 7.54. The second kappa shape index (κ2) is 9.32. The van der Waals surface area contributed by atoms with Gasteiger partial charge >= 0.3 is 6.03 Å². The van der Waals surface area contributed by atoms with Crippen LogP contribution in [0.2, 0.25) is 0 Å². The predicted molar refractivity (Wildman–Crippen MR) is 90.8 cm³/mol. The fourth-order valence-corrected chi connectivity index (χ4v) is 2.00. The van der Waals surface area contributed by atoms with E-state index in [2.05, 4.69) is 10.6 Å². The van der Waals surface area contributed by atoms with Gasteiger partial charge in [0.05, 0.1) is 6.61 Å². The number of carbonyl (C=O) groups is 2. The fourth-order valence-electron chi connectivity index (χ4n) is 2.00. The van der Waals surface area contributed by atoms with Gasteiger partial charge in [0.25, 0.3) is 5.91 Å². The minimum absolute atomic E-state index is 0.234. The summed E-state index contributed by atoms with van der Waals surface area (Å²) in [5, 5.41) is 4.66. The molecule has 0 fully saturated rings. The van der Waals surface area contributed by atoms with Crippen molar-refractivity contribution in [3.63, 3.8) is 0 Å². The van der Waals surface area contributed by atoms with Gasteiger partial charge in [-0.05, 0) is 23.3 Å². The highest BCUT2D eigenvalue weighted by Gasteiger charge is 2.08. The molecule has 2 aromatic carbocycles. The smallest absolute Gasteiger partial charge is 0.321 e. The number of rotatable bonds is 7. The van der Waals surface area contributed by atoms with Crippen LogP contribution < -0.4 is 15.4 Å². The molecule has 2 rings (SSSR count). The summed E-state index contributed by atoms with van der Waals surface area (Å²) in [6.07, 6.45) is 0. The molecule has 0 bridgehead atoms. The van der Waals surface area contributed by atoms with Crippen molar-refractivity contribution in [2.75, 3.05) is 26.9 Å². The van der Waals surface area contributed by atoms with Crippen LogP contribution in [0.3, 0.4) is 0 Å². The molecule has 6 heteroatoms. The van der Waals surface area contributed by atoms with Gasteiger partial charge in [-0.1, -0.05) is 42.5 Å². The van der Waals surface area contributed by atoms with Crippen molar-refractivity contribution in [2.45, 2.75) is 0 Å². The van der Waals surface area contributed by atoms with Gasteiger partial charge in [-0.25, -0.2) is 4.79 Å². The lowest BCUT2D eigenvalue weighted by atomic mass is 10.1. The van der Waals surface area contributed by atoms with Crippen LogP contribution in [0.15, 0.2) is 54.6 Å². The van der Waals surface area contributed by atoms with Crippen LogP contribution in [0.25, 0.3) is 11.1 Å². The molecule has 24 heavy (non-hydrogen) atoms. The maximum atomic E-state index is 11.6. The zero-order valence-corrected chi connectivity index (χ0v) is 13.5. The lowest BCUT2D eigenvalue weighted by molar-refractivity contribution is -0.122. The number of urea groups is 1. The Morgan fingerprint density at radius 3 is 2.29 bits per heavy atom. The first kappa shape index (κ1) is 17.5. The number of hydrogen-bond donors (Lipinski definition) is 2. The third kappa shape index (κ3) is 5.73. The van der Waals surface area contributed by atoms with Crippen LogP contribution in [-0.4, -0.2) is 38.8 Å². The van der Waals surface area contributed by atoms with E-state index in [0.29, 0.717) is 18.9 Å². The molecule has 0 saturated heterocycles. The third-order valence-electron chi connectivity index (χ3n) is 3.18. The molecule has 2 N–H and O–H groups in total.